The van der Waals surface area contributed by atoms with Crippen LogP contribution >= 0.6 is 0 Å². The number of hydrogen-bond acceptors (Lipinski definition) is 7. The van der Waals surface area contributed by atoms with E-state index in [1.165, 1.54) is 13.2 Å². The van der Waals surface area contributed by atoms with Crippen LogP contribution in [0.3, 0.4) is 0 Å². The largest absolute Gasteiger partial charge is 0.481 e. The van der Waals surface area contributed by atoms with Crippen molar-refractivity contribution in [2.75, 3.05) is 7.11 Å². The summed E-state index contributed by atoms with van der Waals surface area (Å²) in [5, 5.41) is 29.3. The standard InChI is InChI=1S/C25H40O8/c1-14-8-7-9-15(2)24(33-25(31)23(30)19(26)11-10-14)17(4)12-16(3)22(29)18(5)20(32-6)13-21(27)28/h10-12,14-16,18-20,23-24,26,30H,7-9,13H2,1-6H3,(H,27,28)/b11-10+,17-12+/t14-,15+,16-,18-,19-,20-,23-,24+/m1/s1. The Morgan fingerprint density at radius 3 is 2.42 bits per heavy atom. The first kappa shape index (κ1) is 29.0. The molecule has 0 radical (unpaired) electrons. The van der Waals surface area contributed by atoms with Crippen molar-refractivity contribution in [3.8, 4) is 0 Å². The highest BCUT2D eigenvalue weighted by Crippen LogP contribution is 2.27. The molecule has 1 heterocycles. The van der Waals surface area contributed by atoms with Crippen LogP contribution < -0.4 is 0 Å². The molecule has 8 heteroatoms. The summed E-state index contributed by atoms with van der Waals surface area (Å²) in [4.78, 5) is 36.5. The predicted molar refractivity (Wildman–Crippen MR) is 123 cm³/mol. The summed E-state index contributed by atoms with van der Waals surface area (Å²) in [5.74, 6) is -3.20. The SMILES string of the molecule is CO[C@H](CC(=O)O)[C@@H](C)C(=O)[C@H](C)/C=C(\C)[C@H]1OC(=O)[C@H](O)[C@H](O)/C=C/[C@H](C)CCC[C@@H]1C. The number of aliphatic carboxylic acids is 1. The smallest absolute Gasteiger partial charge is 0.338 e. The summed E-state index contributed by atoms with van der Waals surface area (Å²) in [6.07, 6.45) is 2.76. The maximum absolute atomic E-state index is 12.9. The second-order valence-electron chi connectivity index (χ2n) is 9.33. The lowest BCUT2D eigenvalue weighted by molar-refractivity contribution is -0.164. The van der Waals surface area contributed by atoms with E-state index in [1.54, 1.807) is 32.9 Å². The van der Waals surface area contributed by atoms with E-state index < -0.39 is 48.2 Å². The number of hydrogen-bond donors (Lipinski definition) is 3. The highest BCUT2D eigenvalue weighted by Gasteiger charge is 2.32. The van der Waals surface area contributed by atoms with Crippen LogP contribution in [0.25, 0.3) is 0 Å². The molecule has 0 bridgehead atoms. The van der Waals surface area contributed by atoms with E-state index in [0.717, 1.165) is 19.3 Å². The highest BCUT2D eigenvalue weighted by atomic mass is 16.6. The summed E-state index contributed by atoms with van der Waals surface area (Å²) in [7, 11) is 1.38. The topological polar surface area (TPSA) is 130 Å². The fraction of sp³-hybridized carbons (Fsp3) is 0.720. The average Bonchev–Trinajstić information content (AvgIpc) is 2.76. The van der Waals surface area contributed by atoms with Crippen LogP contribution in [0.2, 0.25) is 0 Å². The van der Waals surface area contributed by atoms with Gasteiger partial charge in [0.2, 0.25) is 0 Å². The van der Waals surface area contributed by atoms with E-state index in [9.17, 15) is 24.6 Å². The zero-order valence-corrected chi connectivity index (χ0v) is 20.6. The fourth-order valence-corrected chi connectivity index (χ4v) is 4.22. The van der Waals surface area contributed by atoms with Crippen molar-refractivity contribution < 1.29 is 39.2 Å². The number of rotatable bonds is 8. The molecule has 0 aromatic heterocycles. The van der Waals surface area contributed by atoms with Gasteiger partial charge in [0.1, 0.15) is 18.0 Å². The Kier molecular flexibility index (Phi) is 12.0. The third-order valence-corrected chi connectivity index (χ3v) is 6.38. The van der Waals surface area contributed by atoms with E-state index >= 15 is 0 Å². The molecule has 1 rings (SSSR count). The van der Waals surface area contributed by atoms with Gasteiger partial charge in [-0.1, -0.05) is 52.3 Å². The number of ketones is 1. The Bertz CT molecular complexity index is 728. The van der Waals surface area contributed by atoms with Gasteiger partial charge in [-0.05, 0) is 37.2 Å². The van der Waals surface area contributed by atoms with Gasteiger partial charge in [0.05, 0.1) is 12.5 Å². The number of methoxy groups -OCH3 is 1. The molecule has 33 heavy (non-hydrogen) atoms. The van der Waals surface area contributed by atoms with Crippen LogP contribution in [-0.4, -0.2) is 64.6 Å². The third-order valence-electron chi connectivity index (χ3n) is 6.38. The lowest BCUT2D eigenvalue weighted by Gasteiger charge is -2.28. The minimum atomic E-state index is -1.70. The van der Waals surface area contributed by atoms with Crippen molar-refractivity contribution in [2.24, 2.45) is 23.7 Å². The number of esters is 1. The van der Waals surface area contributed by atoms with Gasteiger partial charge < -0.3 is 24.8 Å². The molecule has 1 aliphatic heterocycles. The molecule has 8 atom stereocenters. The molecule has 0 saturated heterocycles. The Labute approximate surface area is 196 Å². The lowest BCUT2D eigenvalue weighted by atomic mass is 9.86. The van der Waals surface area contributed by atoms with E-state index in [1.807, 2.05) is 13.8 Å². The van der Waals surface area contributed by atoms with Gasteiger partial charge >= 0.3 is 11.9 Å². The summed E-state index contributed by atoms with van der Waals surface area (Å²) in [6, 6.07) is 0. The van der Waals surface area contributed by atoms with Gasteiger partial charge in [0.15, 0.2) is 6.10 Å². The summed E-state index contributed by atoms with van der Waals surface area (Å²) in [5.41, 5.74) is 0.665. The molecular weight excluding hydrogens is 428 g/mol. The van der Waals surface area contributed by atoms with Crippen molar-refractivity contribution in [2.45, 2.75) is 84.7 Å². The van der Waals surface area contributed by atoms with Gasteiger partial charge in [-0.3, -0.25) is 9.59 Å². The van der Waals surface area contributed by atoms with E-state index in [-0.39, 0.29) is 24.0 Å². The van der Waals surface area contributed by atoms with Crippen molar-refractivity contribution in [3.63, 3.8) is 0 Å². The number of carbonyl (C=O) groups excluding carboxylic acids is 2. The number of aliphatic hydroxyl groups is 2. The number of carboxylic acids is 1. The quantitative estimate of drug-likeness (QED) is 0.366. The Morgan fingerprint density at radius 1 is 1.21 bits per heavy atom. The molecule has 188 valence electrons. The molecule has 0 aromatic carbocycles. The van der Waals surface area contributed by atoms with Crippen molar-refractivity contribution in [1.82, 2.24) is 0 Å². The first-order chi connectivity index (χ1) is 15.4. The minimum absolute atomic E-state index is 0.0661. The van der Waals surface area contributed by atoms with Crippen LogP contribution in [-0.2, 0) is 23.9 Å². The maximum Gasteiger partial charge on any atom is 0.338 e. The predicted octanol–water partition coefficient (Wildman–Crippen LogP) is 2.91. The summed E-state index contributed by atoms with van der Waals surface area (Å²) >= 11 is 0. The minimum Gasteiger partial charge on any atom is -0.481 e. The zero-order chi connectivity index (χ0) is 25.3. The molecular formula is C25H40O8. The number of carboxylic acid groups (broad SMARTS) is 1. The van der Waals surface area contributed by atoms with E-state index in [0.29, 0.717) is 5.57 Å². The fourth-order valence-electron chi connectivity index (χ4n) is 4.22. The molecule has 3 N–H and O–H groups in total. The third kappa shape index (κ3) is 9.02. The van der Waals surface area contributed by atoms with Crippen LogP contribution in [0, 0.1) is 23.7 Å². The van der Waals surface area contributed by atoms with E-state index in [4.69, 9.17) is 14.6 Å². The van der Waals surface area contributed by atoms with Crippen molar-refractivity contribution in [3.05, 3.63) is 23.8 Å². The lowest BCUT2D eigenvalue weighted by Crippen LogP contribution is -2.39. The normalized spacial score (nSPS) is 31.3. The van der Waals surface area contributed by atoms with E-state index in [2.05, 4.69) is 0 Å². The molecule has 0 spiro atoms. The molecule has 8 nitrogen and oxygen atoms in total. The summed E-state index contributed by atoms with van der Waals surface area (Å²) < 4.78 is 10.8. The van der Waals surface area contributed by atoms with Crippen molar-refractivity contribution >= 4 is 17.7 Å². The van der Waals surface area contributed by atoms with Gasteiger partial charge in [-0.15, -0.1) is 0 Å². The van der Waals surface area contributed by atoms with Gasteiger partial charge in [-0.25, -0.2) is 4.79 Å². The Morgan fingerprint density at radius 2 is 1.85 bits per heavy atom. The molecule has 1 aliphatic rings. The Balaban J connectivity index is 3.09. The number of Topliss-reactive ketones (excluding diaryl/α,β-unsaturated/α-hetero) is 1. The van der Waals surface area contributed by atoms with Crippen LogP contribution in [0.1, 0.15) is 60.3 Å². The van der Waals surface area contributed by atoms with Gasteiger partial charge in [0.25, 0.3) is 0 Å². The molecule has 0 saturated carbocycles. The van der Waals surface area contributed by atoms with Crippen LogP contribution in [0.5, 0.6) is 0 Å². The number of carbonyl (C=O) groups is 3. The average molecular weight is 469 g/mol. The number of aliphatic hydroxyl groups excluding tert-OH is 2. The molecule has 0 unspecified atom stereocenters. The maximum atomic E-state index is 12.9. The zero-order valence-electron chi connectivity index (χ0n) is 20.6. The molecule has 0 fully saturated rings. The van der Waals surface area contributed by atoms with Gasteiger partial charge in [0, 0.05) is 18.9 Å². The first-order valence-electron chi connectivity index (χ1n) is 11.6. The van der Waals surface area contributed by atoms with Crippen LogP contribution in [0.4, 0.5) is 0 Å². The number of allylic oxidation sites excluding steroid dienone is 2. The van der Waals surface area contributed by atoms with Gasteiger partial charge in [-0.2, -0.15) is 0 Å². The number of ether oxygens (including phenoxy) is 2. The van der Waals surface area contributed by atoms with Crippen molar-refractivity contribution in [1.29, 1.82) is 0 Å². The second-order valence-corrected chi connectivity index (χ2v) is 9.33. The molecule has 0 amide bonds. The number of cyclic esters (lactones) is 1. The molecule has 0 aromatic rings. The summed E-state index contributed by atoms with van der Waals surface area (Å²) in [6.45, 7) is 9.09. The second kappa shape index (κ2) is 13.6. The molecule has 0 aliphatic carbocycles. The van der Waals surface area contributed by atoms with Crippen LogP contribution in [0.15, 0.2) is 23.8 Å². The Hall–Kier alpha value is -2.03. The highest BCUT2D eigenvalue weighted by molar-refractivity contribution is 5.85. The first-order valence-corrected chi connectivity index (χ1v) is 11.6. The monoisotopic (exact) mass is 468 g/mol.